The quantitative estimate of drug-likeness (QED) is 0.337. The van der Waals surface area contributed by atoms with Gasteiger partial charge in [-0.2, -0.15) is 0 Å². The fourth-order valence-corrected chi connectivity index (χ4v) is 0. The molecule has 0 rings (SSSR count). The summed E-state index contributed by atoms with van der Waals surface area (Å²) in [6.45, 7) is 0. The molecule has 0 N–H and O–H groups in total. The Bertz CT molecular complexity index is 10.1. The van der Waals surface area contributed by atoms with Gasteiger partial charge in [0.15, 0.2) is 0 Å². The van der Waals surface area contributed by atoms with Crippen LogP contribution in [0.15, 0.2) is 0 Å². The Morgan fingerprint density at radius 1 is 0.571 bits per heavy atom. The maximum absolute atomic E-state index is 8.25. The fourth-order valence-electron chi connectivity index (χ4n) is 0. The summed E-state index contributed by atoms with van der Waals surface area (Å²) >= 11 is 0. The van der Waals surface area contributed by atoms with Gasteiger partial charge in [-0.25, -0.2) is 0 Å². The van der Waals surface area contributed by atoms with Crippen molar-refractivity contribution in [1.29, 1.82) is 0 Å². The van der Waals surface area contributed by atoms with Crippen molar-refractivity contribution < 1.29 is 29.5 Å². The van der Waals surface area contributed by atoms with E-state index >= 15 is 0 Å². The van der Waals surface area contributed by atoms with Crippen LogP contribution < -0.4 is 15.9 Å². The van der Waals surface area contributed by atoms with Crippen LogP contribution >= 0.6 is 0 Å². The van der Waals surface area contributed by atoms with Gasteiger partial charge in [-0.05, 0) is 0 Å². The SMILES string of the molecule is [Al+3].[O-]F.[O-]F.[O-]F. The molecule has 0 unspecified atom stereocenters. The van der Waals surface area contributed by atoms with Crippen LogP contribution in [-0.2, 0) is 0 Å². The van der Waals surface area contributed by atoms with Gasteiger partial charge in [0.2, 0.25) is 0 Å². The van der Waals surface area contributed by atoms with Crippen LogP contribution in [-0.4, -0.2) is 17.4 Å². The summed E-state index contributed by atoms with van der Waals surface area (Å²) in [6, 6.07) is 0. The van der Waals surface area contributed by atoms with Crippen LogP contribution in [0.2, 0.25) is 0 Å². The molecule has 0 bridgehead atoms. The first-order valence-electron chi connectivity index (χ1n) is 0.463. The van der Waals surface area contributed by atoms with Gasteiger partial charge < -0.3 is 29.5 Å². The second-order valence-electron chi connectivity index (χ2n) is 0. The zero-order chi connectivity index (χ0) is 6.00. The van der Waals surface area contributed by atoms with Crippen molar-refractivity contribution in [3.63, 3.8) is 0 Å². The molecule has 0 amide bonds. The molecule has 7 heavy (non-hydrogen) atoms. The van der Waals surface area contributed by atoms with Crippen molar-refractivity contribution in [2.45, 2.75) is 0 Å². The smallest absolute Gasteiger partial charge is 0.682 e. The summed E-state index contributed by atoms with van der Waals surface area (Å²) in [5.41, 5.74) is 0. The first-order chi connectivity index (χ1) is 3.00. The Kier molecular flexibility index (Phi) is 15800. The van der Waals surface area contributed by atoms with Crippen molar-refractivity contribution in [2.75, 3.05) is 0 Å². The van der Waals surface area contributed by atoms with Crippen LogP contribution in [0, 0.1) is 0 Å². The maximum Gasteiger partial charge on any atom is 3.00 e. The molecule has 0 aliphatic carbocycles. The predicted molar refractivity (Wildman–Crippen MR) is 9.08 cm³/mol. The molecule has 0 spiro atoms. The molecule has 0 saturated carbocycles. The standard InChI is InChI=1S/Al.3FO/c;3*1-2/q+3;3*-1. The van der Waals surface area contributed by atoms with E-state index in [0.29, 0.717) is 0 Å². The molecule has 0 radical (unpaired) electrons. The van der Waals surface area contributed by atoms with Gasteiger partial charge in [-0.15, -0.1) is 0 Å². The number of hydrogen-bond acceptors (Lipinski definition) is 3. The summed E-state index contributed by atoms with van der Waals surface area (Å²) in [7, 11) is 0. The molecule has 0 aliphatic rings. The van der Waals surface area contributed by atoms with Gasteiger partial charge in [0, 0.05) is 0 Å². The van der Waals surface area contributed by atoms with E-state index in [-0.39, 0.29) is 17.4 Å². The zero-order valence-corrected chi connectivity index (χ0v) is 4.09. The molecule has 0 heterocycles. The minimum atomic E-state index is 0. The van der Waals surface area contributed by atoms with Crippen molar-refractivity contribution in [3.05, 3.63) is 0 Å². The Labute approximate surface area is 47.8 Å². The topological polar surface area (TPSA) is 69.2 Å². The van der Waals surface area contributed by atoms with E-state index in [1.807, 2.05) is 0 Å². The van der Waals surface area contributed by atoms with Crippen LogP contribution in [0.3, 0.4) is 0 Å². The second kappa shape index (κ2) is 4100. The first-order valence-corrected chi connectivity index (χ1v) is 0.463. The molecule has 0 aliphatic heterocycles. The summed E-state index contributed by atoms with van der Waals surface area (Å²) in [6.07, 6.45) is 0. The predicted octanol–water partition coefficient (Wildman–Crippen LogP) is -2.69. The molecule has 0 atom stereocenters. The molecule has 0 aromatic rings. The van der Waals surface area contributed by atoms with Crippen LogP contribution in [0.1, 0.15) is 0 Å². The van der Waals surface area contributed by atoms with Gasteiger partial charge >= 0.3 is 17.4 Å². The van der Waals surface area contributed by atoms with E-state index in [9.17, 15) is 0 Å². The molecular formula is AlF3O3. The van der Waals surface area contributed by atoms with Gasteiger partial charge in [-0.1, -0.05) is 0 Å². The molecule has 3 nitrogen and oxygen atoms in total. The van der Waals surface area contributed by atoms with E-state index in [4.69, 9.17) is 29.5 Å². The molecule has 0 fully saturated rings. The summed E-state index contributed by atoms with van der Waals surface area (Å²) in [5.74, 6) is 0. The summed E-state index contributed by atoms with van der Waals surface area (Å²) < 4.78 is 24.8. The second-order valence-corrected chi connectivity index (χ2v) is 0. The number of hydrogen-bond donors (Lipinski definition) is 0. The van der Waals surface area contributed by atoms with Crippen molar-refractivity contribution in [1.82, 2.24) is 0 Å². The Morgan fingerprint density at radius 2 is 0.571 bits per heavy atom. The fraction of sp³-hybridized carbons (Fsp3) is 0. The first kappa shape index (κ1) is 27.0. The third kappa shape index (κ3) is 2670. The van der Waals surface area contributed by atoms with Crippen LogP contribution in [0.4, 0.5) is 13.6 Å². The minimum Gasteiger partial charge on any atom is -0.682 e. The molecule has 0 saturated heterocycles. The Balaban J connectivity index is -0.00000000900. The van der Waals surface area contributed by atoms with Gasteiger partial charge in [0.25, 0.3) is 0 Å². The molecular weight excluding hydrogens is 132 g/mol. The van der Waals surface area contributed by atoms with Crippen LogP contribution in [0.25, 0.3) is 0 Å². The number of halogens is 3. The minimum absolute atomic E-state index is 0. The average molecular weight is 132 g/mol. The van der Waals surface area contributed by atoms with E-state index < -0.39 is 0 Å². The summed E-state index contributed by atoms with van der Waals surface area (Å²) in [5, 5.41) is 20.2. The van der Waals surface area contributed by atoms with Crippen molar-refractivity contribution in [2.24, 2.45) is 0 Å². The third-order valence-corrected chi connectivity index (χ3v) is 0. The van der Waals surface area contributed by atoms with Gasteiger partial charge in [0.05, 0.1) is 0 Å². The average Bonchev–Trinajstić information content (AvgIpc) is 1.81. The normalized spacial score (nSPS) is 2.57. The molecule has 0 aromatic carbocycles. The van der Waals surface area contributed by atoms with Crippen LogP contribution in [0.5, 0.6) is 0 Å². The maximum atomic E-state index is 8.25. The van der Waals surface area contributed by atoms with Crippen molar-refractivity contribution >= 4 is 17.4 Å². The number of rotatable bonds is 0. The largest absolute Gasteiger partial charge is 3.00 e. The van der Waals surface area contributed by atoms with Gasteiger partial charge in [0.1, 0.15) is 0 Å². The molecule has 42 valence electrons. The van der Waals surface area contributed by atoms with E-state index in [1.165, 1.54) is 0 Å². The zero-order valence-electron chi connectivity index (χ0n) is 2.94. The molecule has 0 aromatic heterocycles. The van der Waals surface area contributed by atoms with Gasteiger partial charge in [-0.3, -0.25) is 0 Å². The monoisotopic (exact) mass is 132 g/mol. The van der Waals surface area contributed by atoms with Crippen molar-refractivity contribution in [3.8, 4) is 0 Å². The Hall–Kier alpha value is 0.202. The molecule has 7 heteroatoms. The Morgan fingerprint density at radius 3 is 0.571 bits per heavy atom. The third-order valence-electron chi connectivity index (χ3n) is 0. The van der Waals surface area contributed by atoms with E-state index in [2.05, 4.69) is 0 Å². The summed E-state index contributed by atoms with van der Waals surface area (Å²) in [4.78, 5) is 0. The van der Waals surface area contributed by atoms with E-state index in [0.717, 1.165) is 0 Å². The van der Waals surface area contributed by atoms with E-state index in [1.54, 1.807) is 0 Å².